The van der Waals surface area contributed by atoms with Crippen LogP contribution in [0.25, 0.3) is 0 Å². The van der Waals surface area contributed by atoms with Crippen molar-refractivity contribution in [3.05, 3.63) is 12.2 Å². The van der Waals surface area contributed by atoms with Crippen molar-refractivity contribution in [1.82, 2.24) is 0 Å². The van der Waals surface area contributed by atoms with Crippen molar-refractivity contribution in [1.29, 1.82) is 0 Å². The molecule has 0 aromatic rings. The standard InChI is InChI=1S/C38H62O19/c1-15-35(57-28(43)7-5-16-4-6-20(40)22(42)8-16)32(47)34(49)37(53-15)52-14-27-30(45)31(46)33(48)38(56-27)55-26-13-19-21(41)11-18(39)12-23(19)54-36(26)17-9-24(50-2)29(44)25(10-17)51-3/h5,7,15-27,29-42,44-49H,4,6,8-14H2,1-3H3. The van der Waals surface area contributed by atoms with E-state index in [2.05, 4.69) is 0 Å². The van der Waals surface area contributed by atoms with Crippen molar-refractivity contribution < 1.29 is 93.8 Å². The van der Waals surface area contributed by atoms with Gasteiger partial charge in [-0.15, -0.1) is 0 Å². The highest BCUT2D eigenvalue weighted by Crippen LogP contribution is 2.44. The fourth-order valence-electron chi connectivity index (χ4n) is 9.46. The Morgan fingerprint density at radius 3 is 2.02 bits per heavy atom. The zero-order chi connectivity index (χ0) is 41.3. The minimum Gasteiger partial charge on any atom is -0.454 e. The summed E-state index contributed by atoms with van der Waals surface area (Å²) in [6.45, 7) is 0.981. The number of methoxy groups -OCH3 is 2. The second-order valence-electron chi connectivity index (χ2n) is 16.7. The van der Waals surface area contributed by atoms with Crippen LogP contribution in [0.15, 0.2) is 12.2 Å². The zero-order valence-corrected chi connectivity index (χ0v) is 32.4. The fraction of sp³-hybridized carbons (Fsp3) is 0.921. The average molecular weight is 823 g/mol. The number of fused-ring (bicyclic) bond motifs is 1. The number of hydrogen-bond donors (Lipinski definition) is 10. The first kappa shape index (κ1) is 45.1. The van der Waals surface area contributed by atoms with Crippen molar-refractivity contribution in [2.45, 2.75) is 181 Å². The van der Waals surface area contributed by atoms with Crippen molar-refractivity contribution in [2.24, 2.45) is 17.8 Å². The number of rotatable bonds is 11. The smallest absolute Gasteiger partial charge is 0.330 e. The molecule has 3 heterocycles. The van der Waals surface area contributed by atoms with Gasteiger partial charge in [-0.1, -0.05) is 6.08 Å². The minimum atomic E-state index is -1.77. The number of aliphatic hydroxyl groups is 10. The molecule has 0 amide bonds. The summed E-state index contributed by atoms with van der Waals surface area (Å²) in [6, 6.07) is 0. The van der Waals surface area contributed by atoms with Crippen molar-refractivity contribution in [2.75, 3.05) is 20.8 Å². The molecule has 19 nitrogen and oxygen atoms in total. The lowest BCUT2D eigenvalue weighted by Crippen LogP contribution is -2.63. The molecule has 0 spiro atoms. The number of aliphatic hydroxyl groups excluding tert-OH is 10. The Morgan fingerprint density at radius 1 is 0.667 bits per heavy atom. The van der Waals surface area contributed by atoms with Gasteiger partial charge in [-0.05, 0) is 70.1 Å². The van der Waals surface area contributed by atoms with Gasteiger partial charge >= 0.3 is 5.97 Å². The highest BCUT2D eigenvalue weighted by Gasteiger charge is 2.54. The molecule has 6 aliphatic rings. The summed E-state index contributed by atoms with van der Waals surface area (Å²) < 4.78 is 46.9. The molecule has 57 heavy (non-hydrogen) atoms. The van der Waals surface area contributed by atoms with E-state index in [-0.39, 0.29) is 37.5 Å². The predicted molar refractivity (Wildman–Crippen MR) is 191 cm³/mol. The summed E-state index contributed by atoms with van der Waals surface area (Å²) in [6.07, 6.45) is -17.4. The maximum Gasteiger partial charge on any atom is 0.330 e. The third kappa shape index (κ3) is 10.2. The van der Waals surface area contributed by atoms with E-state index in [0.717, 1.165) is 6.08 Å². The van der Waals surface area contributed by atoms with Crippen LogP contribution in [0.4, 0.5) is 0 Å². The first-order valence-corrected chi connectivity index (χ1v) is 20.1. The molecule has 3 saturated heterocycles. The van der Waals surface area contributed by atoms with E-state index in [0.29, 0.717) is 25.7 Å². The van der Waals surface area contributed by atoms with E-state index in [9.17, 15) is 55.9 Å². The van der Waals surface area contributed by atoms with E-state index in [1.54, 1.807) is 6.08 Å². The number of hydrogen-bond acceptors (Lipinski definition) is 19. The Labute approximate surface area is 331 Å². The largest absolute Gasteiger partial charge is 0.454 e. The molecular weight excluding hydrogens is 760 g/mol. The second kappa shape index (κ2) is 19.5. The fourth-order valence-corrected chi connectivity index (χ4v) is 9.46. The molecule has 0 radical (unpaired) electrons. The molecule has 21 atom stereocenters. The molecule has 328 valence electrons. The number of allylic oxidation sites excluding steroid dienone is 1. The lowest BCUT2D eigenvalue weighted by Gasteiger charge is -2.52. The molecule has 3 saturated carbocycles. The normalized spacial score (nSPS) is 51.0. The molecular formula is C38H62O19. The molecule has 10 N–H and O–H groups in total. The first-order valence-electron chi connectivity index (χ1n) is 20.1. The van der Waals surface area contributed by atoms with Gasteiger partial charge in [0.2, 0.25) is 0 Å². The average Bonchev–Trinajstić information content (AvgIpc) is 3.18. The third-order valence-corrected chi connectivity index (χ3v) is 12.9. The summed E-state index contributed by atoms with van der Waals surface area (Å²) in [5, 5.41) is 106. The summed E-state index contributed by atoms with van der Waals surface area (Å²) >= 11 is 0. The van der Waals surface area contributed by atoms with E-state index in [4.69, 9.17) is 37.9 Å². The van der Waals surface area contributed by atoms with Crippen LogP contribution in [0.1, 0.15) is 58.3 Å². The van der Waals surface area contributed by atoms with Crippen LogP contribution in [0, 0.1) is 17.8 Å². The van der Waals surface area contributed by atoms with Crippen LogP contribution in [-0.2, 0) is 42.7 Å². The molecule has 21 unspecified atom stereocenters. The Balaban J connectivity index is 1.09. The van der Waals surface area contributed by atoms with Crippen LogP contribution < -0.4 is 0 Å². The number of carbonyl (C=O) groups is 1. The molecule has 3 aliphatic carbocycles. The van der Waals surface area contributed by atoms with E-state index >= 15 is 0 Å². The molecule has 0 aromatic carbocycles. The predicted octanol–water partition coefficient (Wildman–Crippen LogP) is -3.26. The Morgan fingerprint density at radius 2 is 1.35 bits per heavy atom. The van der Waals surface area contributed by atoms with Crippen LogP contribution in [0.5, 0.6) is 0 Å². The van der Waals surface area contributed by atoms with Crippen LogP contribution in [-0.4, -0.2) is 200 Å². The number of esters is 1. The highest BCUT2D eigenvalue weighted by molar-refractivity contribution is 5.82. The lowest BCUT2D eigenvalue weighted by molar-refractivity contribution is -0.346. The van der Waals surface area contributed by atoms with Gasteiger partial charge in [-0.3, -0.25) is 0 Å². The van der Waals surface area contributed by atoms with Gasteiger partial charge in [-0.2, -0.15) is 0 Å². The van der Waals surface area contributed by atoms with E-state index in [1.165, 1.54) is 21.1 Å². The van der Waals surface area contributed by atoms with Crippen LogP contribution in [0.2, 0.25) is 0 Å². The third-order valence-electron chi connectivity index (χ3n) is 12.9. The lowest BCUT2D eigenvalue weighted by atomic mass is 9.72. The molecule has 6 rings (SSSR count). The molecule has 3 aliphatic heterocycles. The summed E-state index contributed by atoms with van der Waals surface area (Å²) in [4.78, 5) is 12.6. The van der Waals surface area contributed by atoms with Gasteiger partial charge < -0.3 is 89.0 Å². The topological polar surface area (TPSA) is 293 Å². The van der Waals surface area contributed by atoms with Gasteiger partial charge in [0.05, 0.1) is 67.6 Å². The van der Waals surface area contributed by atoms with Crippen molar-refractivity contribution >= 4 is 5.97 Å². The Hall–Kier alpha value is -1.47. The number of ether oxygens (including phenoxy) is 8. The second-order valence-corrected chi connectivity index (χ2v) is 16.7. The van der Waals surface area contributed by atoms with Crippen LogP contribution >= 0.6 is 0 Å². The maximum atomic E-state index is 12.6. The summed E-state index contributed by atoms with van der Waals surface area (Å²) in [5.74, 6) is -1.71. The van der Waals surface area contributed by atoms with Crippen molar-refractivity contribution in [3.63, 3.8) is 0 Å². The van der Waals surface area contributed by atoms with Gasteiger partial charge in [0.25, 0.3) is 0 Å². The first-order chi connectivity index (χ1) is 27.1. The van der Waals surface area contributed by atoms with Gasteiger partial charge in [-0.25, -0.2) is 4.79 Å². The Kier molecular flexibility index (Phi) is 15.4. The SMILES string of the molecule is COC1CC(C2OC3CC(O)CC(O)C3CC2OC2OC(COC3OC(C)C(OC(=O)C=CC4CCC(O)C(O)C4)C(O)C3O)C(O)C(O)C2O)CC(OC)C1O. The Bertz CT molecular complexity index is 1310. The molecule has 6 fully saturated rings. The van der Waals surface area contributed by atoms with Crippen LogP contribution in [0.3, 0.4) is 0 Å². The molecule has 0 bridgehead atoms. The summed E-state index contributed by atoms with van der Waals surface area (Å²) in [5.41, 5.74) is 0. The molecule has 19 heteroatoms. The maximum absolute atomic E-state index is 12.6. The van der Waals surface area contributed by atoms with Gasteiger partial charge in [0.1, 0.15) is 42.7 Å². The van der Waals surface area contributed by atoms with Gasteiger partial charge in [0, 0.05) is 26.2 Å². The summed E-state index contributed by atoms with van der Waals surface area (Å²) in [7, 11) is 2.96. The highest BCUT2D eigenvalue weighted by atomic mass is 16.7. The minimum absolute atomic E-state index is 0.142. The van der Waals surface area contributed by atoms with E-state index in [1.807, 2.05) is 0 Å². The monoisotopic (exact) mass is 822 g/mol. The zero-order valence-electron chi connectivity index (χ0n) is 32.4. The van der Waals surface area contributed by atoms with E-state index < -0.39 is 141 Å². The number of carbonyl (C=O) groups excluding carboxylic acids is 1. The quantitative estimate of drug-likeness (QED) is 0.0723. The molecule has 0 aromatic heterocycles. The van der Waals surface area contributed by atoms with Gasteiger partial charge in [0.15, 0.2) is 18.7 Å². The van der Waals surface area contributed by atoms with Crippen molar-refractivity contribution in [3.8, 4) is 0 Å².